The lowest BCUT2D eigenvalue weighted by molar-refractivity contribution is -0.129. The van der Waals surface area contributed by atoms with Crippen LogP contribution in [-0.4, -0.2) is 23.9 Å². The Bertz CT molecular complexity index is 651. The van der Waals surface area contributed by atoms with Crippen LogP contribution in [0.5, 0.6) is 0 Å². The summed E-state index contributed by atoms with van der Waals surface area (Å²) < 4.78 is 0.837. The summed E-state index contributed by atoms with van der Waals surface area (Å²) in [5.74, 6) is -1.16. The lowest BCUT2D eigenvalue weighted by atomic mass is 10.1. The van der Waals surface area contributed by atoms with Crippen LogP contribution in [-0.2, 0) is 9.63 Å². The van der Waals surface area contributed by atoms with Gasteiger partial charge in [-0.05, 0) is 12.1 Å². The van der Waals surface area contributed by atoms with E-state index in [0.29, 0.717) is 21.0 Å². The molecule has 0 radical (unpaired) electrons. The highest BCUT2D eigenvalue weighted by Gasteiger charge is 2.19. The first-order chi connectivity index (χ1) is 8.54. The zero-order valence-electron chi connectivity index (χ0n) is 9.11. The lowest BCUT2D eigenvalue weighted by Gasteiger charge is -2.01. The van der Waals surface area contributed by atoms with E-state index in [0.717, 1.165) is 4.70 Å². The van der Waals surface area contributed by atoms with Crippen LogP contribution in [0.15, 0.2) is 22.7 Å². The maximum atomic E-state index is 11.1. The summed E-state index contributed by atoms with van der Waals surface area (Å²) in [7, 11) is 1.29. The van der Waals surface area contributed by atoms with Gasteiger partial charge >= 0.3 is 5.97 Å². The van der Waals surface area contributed by atoms with Crippen molar-refractivity contribution in [2.45, 2.75) is 0 Å². The van der Waals surface area contributed by atoms with Gasteiger partial charge < -0.3 is 9.94 Å². The third-order valence-corrected chi connectivity index (χ3v) is 3.92. The first-order valence-corrected chi connectivity index (χ1v) is 6.39. The second-order valence-corrected chi connectivity index (χ2v) is 5.07. The molecule has 0 amide bonds. The molecule has 94 valence electrons. The third kappa shape index (κ3) is 2.29. The van der Waals surface area contributed by atoms with E-state index >= 15 is 0 Å². The second kappa shape index (κ2) is 5.14. The minimum absolute atomic E-state index is 0.165. The van der Waals surface area contributed by atoms with E-state index in [-0.39, 0.29) is 5.71 Å². The van der Waals surface area contributed by atoms with Crippen LogP contribution in [0, 0.1) is 0 Å². The first kappa shape index (κ1) is 13.1. The summed E-state index contributed by atoms with van der Waals surface area (Å²) in [4.78, 5) is 15.7. The number of halogens is 2. The van der Waals surface area contributed by atoms with Crippen molar-refractivity contribution >= 4 is 56.3 Å². The van der Waals surface area contributed by atoms with E-state index < -0.39 is 5.97 Å². The molecule has 1 heterocycles. The van der Waals surface area contributed by atoms with Crippen molar-refractivity contribution in [3.05, 3.63) is 33.1 Å². The van der Waals surface area contributed by atoms with Crippen LogP contribution in [0.3, 0.4) is 0 Å². The summed E-state index contributed by atoms with van der Waals surface area (Å²) >= 11 is 13.2. The Morgan fingerprint density at radius 3 is 2.67 bits per heavy atom. The number of hydrogen-bond acceptors (Lipinski definition) is 4. The van der Waals surface area contributed by atoms with Gasteiger partial charge in [0.05, 0.1) is 10.0 Å². The molecule has 0 aliphatic rings. The monoisotopic (exact) mass is 303 g/mol. The average molecular weight is 304 g/mol. The number of carboxylic acids is 1. The Hall–Kier alpha value is -1.30. The van der Waals surface area contributed by atoms with E-state index in [4.69, 9.17) is 28.3 Å². The van der Waals surface area contributed by atoms with Crippen LogP contribution in [0.2, 0.25) is 10.0 Å². The summed E-state index contributed by atoms with van der Waals surface area (Å²) in [5.41, 5.74) is 0.296. The highest BCUT2D eigenvalue weighted by atomic mass is 35.5. The number of fused-ring (bicyclic) bond motifs is 1. The Labute approximate surface area is 116 Å². The fourth-order valence-corrected chi connectivity index (χ4v) is 2.86. The van der Waals surface area contributed by atoms with Crippen molar-refractivity contribution < 1.29 is 14.7 Å². The van der Waals surface area contributed by atoms with Gasteiger partial charge in [-0.15, -0.1) is 11.3 Å². The maximum absolute atomic E-state index is 11.1. The number of thiophene rings is 1. The maximum Gasteiger partial charge on any atom is 0.358 e. The molecule has 1 N–H and O–H groups in total. The van der Waals surface area contributed by atoms with Gasteiger partial charge in [-0.3, -0.25) is 0 Å². The van der Waals surface area contributed by atoms with Crippen molar-refractivity contribution in [2.24, 2.45) is 5.16 Å². The average Bonchev–Trinajstić information content (AvgIpc) is 2.69. The summed E-state index contributed by atoms with van der Waals surface area (Å²) in [6.07, 6.45) is 0. The molecule has 0 bridgehead atoms. The van der Waals surface area contributed by atoms with Crippen molar-refractivity contribution in [1.82, 2.24) is 0 Å². The second-order valence-electron chi connectivity index (χ2n) is 3.34. The van der Waals surface area contributed by atoms with Gasteiger partial charge in [0.2, 0.25) is 0 Å². The molecule has 1 aromatic carbocycles. The van der Waals surface area contributed by atoms with Crippen molar-refractivity contribution in [2.75, 3.05) is 7.11 Å². The predicted molar refractivity (Wildman–Crippen MR) is 73.0 cm³/mol. The number of rotatable bonds is 3. The number of carbonyl (C=O) groups is 1. The summed E-state index contributed by atoms with van der Waals surface area (Å²) in [6, 6.07) is 3.32. The fourth-order valence-electron chi connectivity index (χ4n) is 1.50. The number of hydrogen-bond donors (Lipinski definition) is 1. The topological polar surface area (TPSA) is 58.9 Å². The van der Waals surface area contributed by atoms with Crippen LogP contribution in [0.4, 0.5) is 0 Å². The Kier molecular flexibility index (Phi) is 3.75. The molecule has 4 nitrogen and oxygen atoms in total. The van der Waals surface area contributed by atoms with Crippen LogP contribution >= 0.6 is 34.5 Å². The Balaban J connectivity index is 2.68. The number of oxime groups is 1. The van der Waals surface area contributed by atoms with Gasteiger partial charge in [0, 0.05) is 21.0 Å². The van der Waals surface area contributed by atoms with Crippen LogP contribution in [0.1, 0.15) is 5.56 Å². The molecule has 7 heteroatoms. The molecule has 0 fully saturated rings. The zero-order chi connectivity index (χ0) is 13.3. The Morgan fingerprint density at radius 2 is 2.06 bits per heavy atom. The first-order valence-electron chi connectivity index (χ1n) is 4.75. The third-order valence-electron chi connectivity index (χ3n) is 2.26. The van der Waals surface area contributed by atoms with E-state index in [2.05, 4.69) is 9.99 Å². The molecule has 0 aliphatic carbocycles. The summed E-state index contributed by atoms with van der Waals surface area (Å²) in [6.45, 7) is 0. The summed E-state index contributed by atoms with van der Waals surface area (Å²) in [5, 5.41) is 15.8. The molecule has 0 saturated heterocycles. The molecule has 0 saturated carbocycles. The standard InChI is InChI=1S/C11H7Cl2NO3S/c1-17-14-10(11(15)16)6-4-18-9-3-8(13)7(12)2-5(6)9/h2-4H,1H3,(H,15,16)/b14-10+. The van der Waals surface area contributed by atoms with Crippen molar-refractivity contribution in [3.8, 4) is 0 Å². The van der Waals surface area contributed by atoms with Gasteiger partial charge in [0.1, 0.15) is 7.11 Å². The number of nitrogens with zero attached hydrogens (tertiary/aromatic N) is 1. The van der Waals surface area contributed by atoms with Gasteiger partial charge in [-0.25, -0.2) is 4.79 Å². The van der Waals surface area contributed by atoms with E-state index in [1.54, 1.807) is 17.5 Å². The molecule has 2 aromatic rings. The molecule has 0 atom stereocenters. The van der Waals surface area contributed by atoms with Gasteiger partial charge in [0.25, 0.3) is 0 Å². The molecule has 2 rings (SSSR count). The fraction of sp³-hybridized carbons (Fsp3) is 0.0909. The van der Waals surface area contributed by atoms with Gasteiger partial charge in [0.15, 0.2) is 5.71 Å². The molecule has 0 spiro atoms. The molecule has 0 aliphatic heterocycles. The van der Waals surface area contributed by atoms with Crippen LogP contribution in [0.25, 0.3) is 10.1 Å². The Morgan fingerprint density at radius 1 is 1.39 bits per heavy atom. The molecule has 0 unspecified atom stereocenters. The van der Waals surface area contributed by atoms with Crippen molar-refractivity contribution in [3.63, 3.8) is 0 Å². The van der Waals surface area contributed by atoms with E-state index in [9.17, 15) is 4.79 Å². The molecule has 18 heavy (non-hydrogen) atoms. The smallest absolute Gasteiger partial charge is 0.358 e. The SMILES string of the molecule is CO/N=C(/C(=O)O)c1csc2cc(Cl)c(Cl)cc12. The number of benzene rings is 1. The lowest BCUT2D eigenvalue weighted by Crippen LogP contribution is -2.14. The van der Waals surface area contributed by atoms with Gasteiger partial charge in [-0.2, -0.15) is 0 Å². The minimum Gasteiger partial charge on any atom is -0.476 e. The highest BCUT2D eigenvalue weighted by Crippen LogP contribution is 2.34. The number of aliphatic carboxylic acids is 1. The normalized spacial score (nSPS) is 11.8. The van der Waals surface area contributed by atoms with E-state index in [1.807, 2.05) is 0 Å². The van der Waals surface area contributed by atoms with Gasteiger partial charge in [-0.1, -0.05) is 28.4 Å². The van der Waals surface area contributed by atoms with Crippen molar-refractivity contribution in [1.29, 1.82) is 0 Å². The minimum atomic E-state index is -1.16. The molecular weight excluding hydrogens is 297 g/mol. The predicted octanol–water partition coefficient (Wildman–Crippen LogP) is 3.64. The number of carboxylic acid groups (broad SMARTS) is 1. The quantitative estimate of drug-likeness (QED) is 0.695. The van der Waals surface area contributed by atoms with E-state index in [1.165, 1.54) is 18.4 Å². The largest absolute Gasteiger partial charge is 0.476 e. The molecular formula is C11H7Cl2NO3S. The highest BCUT2D eigenvalue weighted by molar-refractivity contribution is 7.17. The molecule has 1 aromatic heterocycles. The zero-order valence-corrected chi connectivity index (χ0v) is 11.4. The van der Waals surface area contributed by atoms with Crippen LogP contribution < -0.4 is 0 Å².